The second-order valence-electron chi connectivity index (χ2n) is 3.31. The summed E-state index contributed by atoms with van der Waals surface area (Å²) in [5, 5.41) is 12.0. The van der Waals surface area contributed by atoms with E-state index in [0.29, 0.717) is 11.4 Å². The van der Waals surface area contributed by atoms with Crippen LogP contribution < -0.4 is 11.3 Å². The number of aryl methyl sites for hydroxylation is 1. The van der Waals surface area contributed by atoms with Gasteiger partial charge in [-0.1, -0.05) is 0 Å². The summed E-state index contributed by atoms with van der Waals surface area (Å²) in [7, 11) is 0. The first kappa shape index (κ1) is 9.39. The lowest BCUT2D eigenvalue weighted by Crippen LogP contribution is -2.16. The maximum absolute atomic E-state index is 11.6. The van der Waals surface area contributed by atoms with Crippen LogP contribution in [-0.2, 0) is 0 Å². The SMILES string of the molecule is Cc1[nH]n(-c2ccc(O)cc2)c(=O)c1N. The lowest BCUT2D eigenvalue weighted by atomic mass is 10.3. The number of anilines is 1. The molecular formula is C10H11N3O2. The molecule has 0 saturated carbocycles. The summed E-state index contributed by atoms with van der Waals surface area (Å²) in [5.41, 5.74) is 6.76. The molecular weight excluding hydrogens is 194 g/mol. The number of aromatic nitrogens is 2. The molecule has 0 bridgehead atoms. The predicted octanol–water partition coefficient (Wildman–Crippen LogP) is 0.762. The number of nitrogens with one attached hydrogen (secondary N) is 1. The molecule has 0 aliphatic heterocycles. The van der Waals surface area contributed by atoms with Gasteiger partial charge in [0.2, 0.25) is 0 Å². The Morgan fingerprint density at radius 3 is 2.40 bits per heavy atom. The number of hydrogen-bond acceptors (Lipinski definition) is 3. The van der Waals surface area contributed by atoms with Gasteiger partial charge in [-0.2, -0.15) is 0 Å². The topological polar surface area (TPSA) is 84.0 Å². The van der Waals surface area contributed by atoms with Gasteiger partial charge in [-0.25, -0.2) is 4.68 Å². The molecule has 1 heterocycles. The normalized spacial score (nSPS) is 10.5. The van der Waals surface area contributed by atoms with Crippen molar-refractivity contribution in [2.75, 3.05) is 5.73 Å². The third kappa shape index (κ3) is 1.48. The van der Waals surface area contributed by atoms with Gasteiger partial charge in [0, 0.05) is 0 Å². The average Bonchev–Trinajstić information content (AvgIpc) is 2.47. The van der Waals surface area contributed by atoms with Crippen LogP contribution in [0.25, 0.3) is 5.69 Å². The summed E-state index contributed by atoms with van der Waals surface area (Å²) < 4.78 is 1.34. The van der Waals surface area contributed by atoms with Gasteiger partial charge in [0.15, 0.2) is 0 Å². The minimum atomic E-state index is -0.279. The summed E-state index contributed by atoms with van der Waals surface area (Å²) in [4.78, 5) is 11.6. The molecule has 0 atom stereocenters. The van der Waals surface area contributed by atoms with Crippen molar-refractivity contribution < 1.29 is 5.11 Å². The van der Waals surface area contributed by atoms with Gasteiger partial charge in [0.05, 0.1) is 11.4 Å². The van der Waals surface area contributed by atoms with Crippen LogP contribution in [0.4, 0.5) is 5.69 Å². The fourth-order valence-corrected chi connectivity index (χ4v) is 1.34. The summed E-state index contributed by atoms with van der Waals surface area (Å²) in [5.74, 6) is 0.156. The molecule has 4 N–H and O–H groups in total. The van der Waals surface area contributed by atoms with E-state index in [4.69, 9.17) is 10.8 Å². The number of rotatable bonds is 1. The average molecular weight is 205 g/mol. The van der Waals surface area contributed by atoms with Crippen LogP contribution in [0.15, 0.2) is 29.1 Å². The molecule has 0 amide bonds. The highest BCUT2D eigenvalue weighted by atomic mass is 16.3. The van der Waals surface area contributed by atoms with Gasteiger partial charge < -0.3 is 10.8 Å². The van der Waals surface area contributed by atoms with E-state index in [2.05, 4.69) is 5.10 Å². The molecule has 0 unspecified atom stereocenters. The Morgan fingerprint density at radius 2 is 1.93 bits per heavy atom. The van der Waals surface area contributed by atoms with Crippen molar-refractivity contribution in [1.29, 1.82) is 0 Å². The van der Waals surface area contributed by atoms with Crippen LogP contribution in [0.1, 0.15) is 5.69 Å². The number of nitrogens with zero attached hydrogens (tertiary/aromatic N) is 1. The van der Waals surface area contributed by atoms with Crippen LogP contribution in [0.3, 0.4) is 0 Å². The van der Waals surface area contributed by atoms with Crippen molar-refractivity contribution in [3.63, 3.8) is 0 Å². The van der Waals surface area contributed by atoms with E-state index < -0.39 is 0 Å². The Labute approximate surface area is 85.8 Å². The van der Waals surface area contributed by atoms with Crippen LogP contribution >= 0.6 is 0 Å². The Balaban J connectivity index is 2.59. The number of H-pyrrole nitrogens is 1. The number of aromatic hydroxyl groups is 1. The van der Waals surface area contributed by atoms with E-state index in [1.807, 2.05) is 0 Å². The number of phenolic OH excluding ortho intramolecular Hbond substituents is 1. The Kier molecular flexibility index (Phi) is 2.00. The van der Waals surface area contributed by atoms with Gasteiger partial charge in [0.1, 0.15) is 11.4 Å². The van der Waals surface area contributed by atoms with Crippen molar-refractivity contribution in [2.45, 2.75) is 6.92 Å². The minimum Gasteiger partial charge on any atom is -0.508 e. The first-order valence-electron chi connectivity index (χ1n) is 4.46. The predicted molar refractivity (Wildman–Crippen MR) is 57.2 cm³/mol. The highest BCUT2D eigenvalue weighted by Crippen LogP contribution is 2.12. The maximum atomic E-state index is 11.6. The van der Waals surface area contributed by atoms with Crippen LogP contribution in [-0.4, -0.2) is 14.9 Å². The molecule has 0 spiro atoms. The molecule has 5 heteroatoms. The minimum absolute atomic E-state index is 0.156. The number of hydrogen-bond donors (Lipinski definition) is 3. The van der Waals surface area contributed by atoms with E-state index in [9.17, 15) is 4.79 Å². The third-order valence-electron chi connectivity index (χ3n) is 2.22. The summed E-state index contributed by atoms with van der Waals surface area (Å²) in [6, 6.07) is 6.28. The van der Waals surface area contributed by atoms with Gasteiger partial charge in [-0.15, -0.1) is 0 Å². The highest BCUT2D eigenvalue weighted by molar-refractivity contribution is 5.44. The van der Waals surface area contributed by atoms with E-state index in [1.165, 1.54) is 16.8 Å². The number of aromatic amines is 1. The van der Waals surface area contributed by atoms with Gasteiger partial charge in [0.25, 0.3) is 5.56 Å². The number of nitrogen functional groups attached to an aromatic ring is 1. The zero-order valence-corrected chi connectivity index (χ0v) is 8.19. The van der Waals surface area contributed by atoms with E-state index in [0.717, 1.165) is 0 Å². The Morgan fingerprint density at radius 1 is 1.33 bits per heavy atom. The Bertz CT molecular complexity index is 537. The van der Waals surface area contributed by atoms with Gasteiger partial charge in [-0.3, -0.25) is 9.89 Å². The molecule has 78 valence electrons. The lowest BCUT2D eigenvalue weighted by molar-refractivity contribution is 0.475. The molecule has 2 rings (SSSR count). The molecule has 0 aliphatic rings. The van der Waals surface area contributed by atoms with Crippen molar-refractivity contribution in [2.24, 2.45) is 0 Å². The first-order chi connectivity index (χ1) is 7.09. The largest absolute Gasteiger partial charge is 0.508 e. The standard InChI is InChI=1S/C10H11N3O2/c1-6-9(11)10(15)13(12-6)7-2-4-8(14)5-3-7/h2-5,12,14H,11H2,1H3. The zero-order chi connectivity index (χ0) is 11.0. The molecule has 5 nitrogen and oxygen atoms in total. The van der Waals surface area contributed by atoms with Gasteiger partial charge in [-0.05, 0) is 31.2 Å². The highest BCUT2D eigenvalue weighted by Gasteiger charge is 2.08. The van der Waals surface area contributed by atoms with Crippen molar-refractivity contribution in [1.82, 2.24) is 9.78 Å². The molecule has 15 heavy (non-hydrogen) atoms. The molecule has 0 fully saturated rings. The fourth-order valence-electron chi connectivity index (χ4n) is 1.34. The number of phenols is 1. The van der Waals surface area contributed by atoms with E-state index in [1.54, 1.807) is 19.1 Å². The Hall–Kier alpha value is -2.17. The number of nitrogens with two attached hydrogens (primary N) is 1. The smallest absolute Gasteiger partial charge is 0.294 e. The first-order valence-corrected chi connectivity index (χ1v) is 4.46. The van der Waals surface area contributed by atoms with Crippen molar-refractivity contribution in [3.8, 4) is 11.4 Å². The van der Waals surface area contributed by atoms with Gasteiger partial charge >= 0.3 is 0 Å². The third-order valence-corrected chi connectivity index (χ3v) is 2.22. The van der Waals surface area contributed by atoms with E-state index >= 15 is 0 Å². The van der Waals surface area contributed by atoms with Crippen molar-refractivity contribution in [3.05, 3.63) is 40.3 Å². The molecule has 2 aromatic rings. The molecule has 1 aromatic carbocycles. The van der Waals surface area contributed by atoms with Crippen LogP contribution in [0, 0.1) is 6.92 Å². The summed E-state index contributed by atoms with van der Waals surface area (Å²) >= 11 is 0. The number of benzene rings is 1. The van der Waals surface area contributed by atoms with Crippen LogP contribution in [0.5, 0.6) is 5.75 Å². The van der Waals surface area contributed by atoms with Crippen molar-refractivity contribution >= 4 is 5.69 Å². The quantitative estimate of drug-likeness (QED) is 0.642. The molecule has 1 aromatic heterocycles. The summed E-state index contributed by atoms with van der Waals surface area (Å²) in [6.07, 6.45) is 0. The maximum Gasteiger partial charge on any atom is 0.294 e. The van der Waals surface area contributed by atoms with E-state index in [-0.39, 0.29) is 17.0 Å². The molecule has 0 aliphatic carbocycles. The fraction of sp³-hybridized carbons (Fsp3) is 0.100. The second kappa shape index (κ2) is 3.20. The molecule has 0 saturated heterocycles. The lowest BCUT2D eigenvalue weighted by Gasteiger charge is -2.00. The molecule has 0 radical (unpaired) electrons. The van der Waals surface area contributed by atoms with Crippen LogP contribution in [0.2, 0.25) is 0 Å². The monoisotopic (exact) mass is 205 g/mol. The second-order valence-corrected chi connectivity index (χ2v) is 3.31. The summed E-state index contributed by atoms with van der Waals surface area (Å²) in [6.45, 7) is 1.73. The zero-order valence-electron chi connectivity index (χ0n) is 8.19.